The summed E-state index contributed by atoms with van der Waals surface area (Å²) in [6.45, 7) is 0. The van der Waals surface area contributed by atoms with E-state index in [2.05, 4.69) is 23.7 Å². The zero-order chi connectivity index (χ0) is 19.4. The molecule has 0 amide bonds. The molecule has 0 radical (unpaired) electrons. The zero-order valence-electron chi connectivity index (χ0n) is 15.8. The Morgan fingerprint density at radius 1 is 1.41 bits per heavy atom. The second kappa shape index (κ2) is 8.89. The van der Waals surface area contributed by atoms with Crippen LogP contribution in [0.5, 0.6) is 0 Å². The van der Waals surface area contributed by atoms with E-state index in [1.165, 1.54) is 19.3 Å². The Morgan fingerprint density at radius 2 is 2.15 bits per heavy atom. The Hall–Kier alpha value is -1.16. The summed E-state index contributed by atoms with van der Waals surface area (Å²) in [5, 5.41) is 30.7. The first kappa shape index (κ1) is 20.6. The van der Waals surface area contributed by atoms with Crippen LogP contribution in [0.25, 0.3) is 0 Å². The van der Waals surface area contributed by atoms with Gasteiger partial charge in [-0.15, -0.1) is 12.6 Å². The lowest BCUT2D eigenvalue weighted by Crippen LogP contribution is -2.27. The average Bonchev–Trinajstić information content (AvgIpc) is 3.12. The molecule has 0 aromatic carbocycles. The number of fused-ring (bicyclic) bond motifs is 1. The number of hydrogen-bond acceptors (Lipinski definition) is 5. The van der Waals surface area contributed by atoms with Gasteiger partial charge in [0.2, 0.25) is 0 Å². The van der Waals surface area contributed by atoms with Crippen molar-refractivity contribution in [2.45, 2.75) is 82.0 Å². The SMILES string of the molecule is N#CC12CC(O)C(C=CC(O)C3CCCCC3)C1CC(CCCC(=O)S)=N2. The van der Waals surface area contributed by atoms with E-state index in [1.807, 2.05) is 12.2 Å². The van der Waals surface area contributed by atoms with Gasteiger partial charge in [-0.25, -0.2) is 0 Å². The summed E-state index contributed by atoms with van der Waals surface area (Å²) >= 11 is 3.79. The van der Waals surface area contributed by atoms with Gasteiger partial charge in [-0.2, -0.15) is 5.26 Å². The zero-order valence-corrected chi connectivity index (χ0v) is 16.7. The van der Waals surface area contributed by atoms with E-state index in [1.54, 1.807) is 0 Å². The number of aliphatic imine (C=N–C) groups is 1. The van der Waals surface area contributed by atoms with Crippen LogP contribution in [0, 0.1) is 29.1 Å². The van der Waals surface area contributed by atoms with Crippen LogP contribution < -0.4 is 0 Å². The summed E-state index contributed by atoms with van der Waals surface area (Å²) in [6, 6.07) is 2.35. The number of nitriles is 1. The normalized spacial score (nSPS) is 35.0. The minimum absolute atomic E-state index is 0.0472. The third-order valence-corrected chi connectivity index (χ3v) is 6.79. The molecule has 2 N–H and O–H groups in total. The van der Waals surface area contributed by atoms with Crippen molar-refractivity contribution in [3.8, 4) is 6.07 Å². The molecule has 27 heavy (non-hydrogen) atoms. The van der Waals surface area contributed by atoms with Gasteiger partial charge in [0.15, 0.2) is 10.7 Å². The summed E-state index contributed by atoms with van der Waals surface area (Å²) < 4.78 is 0. The van der Waals surface area contributed by atoms with Gasteiger partial charge in [-0.3, -0.25) is 9.79 Å². The summed E-state index contributed by atoms with van der Waals surface area (Å²) in [5.41, 5.74) is 0.110. The van der Waals surface area contributed by atoms with Crippen LogP contribution in [-0.4, -0.2) is 38.8 Å². The number of aliphatic hydroxyl groups is 2. The van der Waals surface area contributed by atoms with E-state index in [0.29, 0.717) is 38.0 Å². The first-order valence-corrected chi connectivity index (χ1v) is 10.6. The molecule has 1 heterocycles. The van der Waals surface area contributed by atoms with E-state index in [9.17, 15) is 20.3 Å². The first-order valence-electron chi connectivity index (χ1n) is 10.2. The molecule has 148 valence electrons. The molecule has 3 aliphatic rings. The first-order chi connectivity index (χ1) is 12.9. The molecule has 3 rings (SSSR count). The standard InChI is InChI=1S/C21H30N2O3S/c22-13-21-12-19(25)16(9-10-18(24)14-5-2-1-3-6-14)17(21)11-15(23-21)7-4-8-20(26)27/h9-10,14,16-19,24-25H,1-8,11-12H2,(H,26,27). The van der Waals surface area contributed by atoms with Crippen LogP contribution in [0.2, 0.25) is 0 Å². The van der Waals surface area contributed by atoms with Gasteiger partial charge in [0.25, 0.3) is 0 Å². The fraction of sp³-hybridized carbons (Fsp3) is 0.762. The molecule has 0 aromatic heterocycles. The van der Waals surface area contributed by atoms with Crippen LogP contribution in [0.15, 0.2) is 17.1 Å². The van der Waals surface area contributed by atoms with Crippen molar-refractivity contribution in [2.24, 2.45) is 22.7 Å². The summed E-state index contributed by atoms with van der Waals surface area (Å²) in [5.74, 6) is 0.105. The predicted octanol–water partition coefficient (Wildman–Crippen LogP) is 3.21. The highest BCUT2D eigenvalue weighted by atomic mass is 32.1. The maximum absolute atomic E-state index is 11.0. The molecule has 5 nitrogen and oxygen atoms in total. The summed E-state index contributed by atoms with van der Waals surface area (Å²) in [6.07, 6.45) is 11.2. The minimum Gasteiger partial charge on any atom is -0.392 e. The highest BCUT2D eigenvalue weighted by Crippen LogP contribution is 2.50. The minimum atomic E-state index is -0.857. The van der Waals surface area contributed by atoms with E-state index in [4.69, 9.17) is 0 Å². The number of carbonyl (C=O) groups excluding carboxylic acids is 1. The topological polar surface area (TPSA) is 93.7 Å². The van der Waals surface area contributed by atoms with Crippen molar-refractivity contribution < 1.29 is 15.0 Å². The molecule has 0 aromatic rings. The van der Waals surface area contributed by atoms with E-state index >= 15 is 0 Å². The fourth-order valence-corrected chi connectivity index (χ4v) is 5.26. The van der Waals surface area contributed by atoms with Crippen LogP contribution >= 0.6 is 12.6 Å². The molecule has 6 heteroatoms. The molecule has 0 bridgehead atoms. The summed E-state index contributed by atoms with van der Waals surface area (Å²) in [4.78, 5) is 15.7. The molecule has 1 aliphatic heterocycles. The second-order valence-corrected chi connectivity index (χ2v) is 8.89. The number of rotatable bonds is 7. The quantitative estimate of drug-likeness (QED) is 0.460. The fourth-order valence-electron chi connectivity index (χ4n) is 5.10. The van der Waals surface area contributed by atoms with Gasteiger partial charge in [-0.1, -0.05) is 31.4 Å². The smallest absolute Gasteiger partial charge is 0.185 e. The van der Waals surface area contributed by atoms with Gasteiger partial charge in [0, 0.05) is 30.4 Å². The molecule has 2 aliphatic carbocycles. The van der Waals surface area contributed by atoms with Crippen LogP contribution in [0.3, 0.4) is 0 Å². The Labute approximate surface area is 167 Å². The third kappa shape index (κ3) is 4.64. The summed E-state index contributed by atoms with van der Waals surface area (Å²) in [7, 11) is 0. The lowest BCUT2D eigenvalue weighted by Gasteiger charge is -2.25. The van der Waals surface area contributed by atoms with E-state index in [0.717, 1.165) is 18.6 Å². The molecule has 2 saturated carbocycles. The molecule has 5 atom stereocenters. The molecule has 5 unspecified atom stereocenters. The van der Waals surface area contributed by atoms with Crippen molar-refractivity contribution in [3.63, 3.8) is 0 Å². The van der Waals surface area contributed by atoms with Crippen LogP contribution in [-0.2, 0) is 4.79 Å². The van der Waals surface area contributed by atoms with Crippen LogP contribution in [0.1, 0.15) is 64.2 Å². The Kier molecular flexibility index (Phi) is 6.78. The lowest BCUT2D eigenvalue weighted by molar-refractivity contribution is -0.110. The molecular weight excluding hydrogens is 360 g/mol. The molecule has 2 fully saturated rings. The molecule has 0 saturated heterocycles. The monoisotopic (exact) mass is 390 g/mol. The van der Waals surface area contributed by atoms with Crippen molar-refractivity contribution in [1.82, 2.24) is 0 Å². The molecule has 0 spiro atoms. The average molecular weight is 391 g/mol. The van der Waals surface area contributed by atoms with Crippen molar-refractivity contribution in [1.29, 1.82) is 5.26 Å². The number of nitrogens with zero attached hydrogens (tertiary/aromatic N) is 2. The highest BCUT2D eigenvalue weighted by molar-refractivity contribution is 7.96. The molecular formula is C21H30N2O3S. The van der Waals surface area contributed by atoms with Crippen molar-refractivity contribution in [3.05, 3.63) is 12.2 Å². The van der Waals surface area contributed by atoms with Gasteiger partial charge in [0.05, 0.1) is 18.3 Å². The van der Waals surface area contributed by atoms with Gasteiger partial charge < -0.3 is 10.2 Å². The number of thiol groups is 1. The second-order valence-electron chi connectivity index (χ2n) is 8.39. The number of hydrogen-bond donors (Lipinski definition) is 3. The van der Waals surface area contributed by atoms with E-state index < -0.39 is 17.7 Å². The highest BCUT2D eigenvalue weighted by Gasteiger charge is 2.56. The van der Waals surface area contributed by atoms with Gasteiger partial charge in [-0.05, 0) is 38.0 Å². The maximum atomic E-state index is 11.0. The maximum Gasteiger partial charge on any atom is 0.185 e. The largest absolute Gasteiger partial charge is 0.392 e. The Morgan fingerprint density at radius 3 is 2.81 bits per heavy atom. The van der Waals surface area contributed by atoms with Gasteiger partial charge >= 0.3 is 0 Å². The van der Waals surface area contributed by atoms with Crippen molar-refractivity contribution in [2.75, 3.05) is 0 Å². The Bertz CT molecular complexity index is 650. The lowest BCUT2D eigenvalue weighted by atomic mass is 9.81. The van der Waals surface area contributed by atoms with E-state index in [-0.39, 0.29) is 17.0 Å². The third-order valence-electron chi connectivity index (χ3n) is 6.57. The Balaban J connectivity index is 1.65. The van der Waals surface area contributed by atoms with Crippen molar-refractivity contribution >= 4 is 23.5 Å². The van der Waals surface area contributed by atoms with Gasteiger partial charge in [0.1, 0.15) is 0 Å². The van der Waals surface area contributed by atoms with Crippen LogP contribution in [0.4, 0.5) is 0 Å². The number of carbonyl (C=O) groups is 1. The predicted molar refractivity (Wildman–Crippen MR) is 108 cm³/mol. The number of aliphatic hydroxyl groups excluding tert-OH is 2.